The SMILES string of the molecule is COCCN1CCCCCN(C(=O)CCc2ccc(OC)c(OC)c2OC)[C@@H](CC(C)C)COc2ccccc2C1=O. The summed E-state index contributed by atoms with van der Waals surface area (Å²) < 4.78 is 28.2. The zero-order valence-electron chi connectivity index (χ0n) is 26.1. The van der Waals surface area contributed by atoms with E-state index < -0.39 is 0 Å². The standard InChI is InChI=1S/C33H48N2O7/c1-24(2)22-26-23-42-28-13-9-8-12-27(28)33(37)34(20-21-38-3)18-10-7-11-19-35(26)30(36)17-15-25-14-16-29(39-4)32(41-6)31(25)40-5/h8-9,12-14,16,24,26H,7,10-11,15,17-23H2,1-6H3/t26-/m0/s1. The van der Waals surface area contributed by atoms with Gasteiger partial charge in [0, 0.05) is 33.2 Å². The van der Waals surface area contributed by atoms with Gasteiger partial charge in [-0.25, -0.2) is 0 Å². The number of ether oxygens (including phenoxy) is 5. The number of methoxy groups -OCH3 is 4. The first-order valence-corrected chi connectivity index (χ1v) is 14.9. The van der Waals surface area contributed by atoms with E-state index in [0.29, 0.717) is 80.2 Å². The van der Waals surface area contributed by atoms with Crippen LogP contribution in [0.25, 0.3) is 0 Å². The molecule has 0 aromatic heterocycles. The Hall–Kier alpha value is -3.46. The fraction of sp³-hybridized carbons (Fsp3) is 0.576. The van der Waals surface area contributed by atoms with E-state index in [4.69, 9.17) is 23.7 Å². The van der Waals surface area contributed by atoms with Crippen LogP contribution in [-0.4, -0.2) is 88.9 Å². The monoisotopic (exact) mass is 584 g/mol. The number of rotatable bonds is 11. The Morgan fingerprint density at radius 2 is 1.69 bits per heavy atom. The van der Waals surface area contributed by atoms with Crippen molar-refractivity contribution >= 4 is 11.8 Å². The Kier molecular flexibility index (Phi) is 13.3. The first-order chi connectivity index (χ1) is 20.3. The zero-order valence-corrected chi connectivity index (χ0v) is 26.1. The molecule has 232 valence electrons. The number of hydrogen-bond donors (Lipinski definition) is 0. The first-order valence-electron chi connectivity index (χ1n) is 14.9. The lowest BCUT2D eigenvalue weighted by Crippen LogP contribution is -2.45. The lowest BCUT2D eigenvalue weighted by molar-refractivity contribution is -0.134. The lowest BCUT2D eigenvalue weighted by atomic mass is 10.0. The van der Waals surface area contributed by atoms with Crippen molar-refractivity contribution in [3.63, 3.8) is 0 Å². The summed E-state index contributed by atoms with van der Waals surface area (Å²) in [4.78, 5) is 31.3. The van der Waals surface area contributed by atoms with Crippen molar-refractivity contribution in [1.29, 1.82) is 0 Å². The van der Waals surface area contributed by atoms with Gasteiger partial charge in [-0.05, 0) is 61.8 Å². The summed E-state index contributed by atoms with van der Waals surface area (Å²) in [5.41, 5.74) is 1.42. The van der Waals surface area contributed by atoms with Gasteiger partial charge in [-0.2, -0.15) is 0 Å². The molecule has 9 nitrogen and oxygen atoms in total. The minimum Gasteiger partial charge on any atom is -0.493 e. The highest BCUT2D eigenvalue weighted by Crippen LogP contribution is 2.40. The van der Waals surface area contributed by atoms with Crippen molar-refractivity contribution in [3.8, 4) is 23.0 Å². The second kappa shape index (κ2) is 16.9. The van der Waals surface area contributed by atoms with Crippen molar-refractivity contribution in [3.05, 3.63) is 47.5 Å². The molecule has 1 aliphatic heterocycles. The van der Waals surface area contributed by atoms with E-state index in [0.717, 1.165) is 31.2 Å². The van der Waals surface area contributed by atoms with Gasteiger partial charge in [0.05, 0.1) is 39.5 Å². The van der Waals surface area contributed by atoms with Gasteiger partial charge in [0.25, 0.3) is 5.91 Å². The van der Waals surface area contributed by atoms with E-state index in [1.807, 2.05) is 46.2 Å². The molecule has 0 unspecified atom stereocenters. The molecule has 42 heavy (non-hydrogen) atoms. The van der Waals surface area contributed by atoms with Gasteiger partial charge < -0.3 is 33.5 Å². The third-order valence-corrected chi connectivity index (χ3v) is 7.63. The summed E-state index contributed by atoms with van der Waals surface area (Å²) in [6.45, 7) is 6.87. The first kappa shape index (κ1) is 33.0. The van der Waals surface area contributed by atoms with Crippen molar-refractivity contribution in [1.82, 2.24) is 9.80 Å². The van der Waals surface area contributed by atoms with Crippen molar-refractivity contribution in [2.75, 3.05) is 61.3 Å². The Morgan fingerprint density at radius 3 is 2.38 bits per heavy atom. The molecule has 9 heteroatoms. The molecule has 0 radical (unpaired) electrons. The highest BCUT2D eigenvalue weighted by Gasteiger charge is 2.28. The van der Waals surface area contributed by atoms with Crippen LogP contribution in [-0.2, 0) is 16.0 Å². The lowest BCUT2D eigenvalue weighted by Gasteiger charge is -2.33. The van der Waals surface area contributed by atoms with Crippen LogP contribution in [0.4, 0.5) is 0 Å². The van der Waals surface area contributed by atoms with Gasteiger partial charge >= 0.3 is 0 Å². The Morgan fingerprint density at radius 1 is 0.952 bits per heavy atom. The maximum absolute atomic E-state index is 13.9. The molecule has 0 fully saturated rings. The highest BCUT2D eigenvalue weighted by molar-refractivity contribution is 5.97. The summed E-state index contributed by atoms with van der Waals surface area (Å²) in [5.74, 6) is 2.60. The summed E-state index contributed by atoms with van der Waals surface area (Å²) in [6, 6.07) is 11.0. The third kappa shape index (κ3) is 8.77. The van der Waals surface area contributed by atoms with Gasteiger partial charge in [-0.3, -0.25) is 9.59 Å². The molecule has 1 aliphatic rings. The summed E-state index contributed by atoms with van der Waals surface area (Å²) in [5, 5.41) is 0. The number of carbonyl (C=O) groups excluding carboxylic acids is 2. The number of fused-ring (bicyclic) bond motifs is 1. The number of benzene rings is 2. The number of amides is 2. The van der Waals surface area contributed by atoms with Crippen molar-refractivity contribution in [2.45, 2.75) is 58.4 Å². The molecule has 2 amide bonds. The van der Waals surface area contributed by atoms with Gasteiger partial charge in [0.15, 0.2) is 11.5 Å². The number of nitrogens with zero attached hydrogens (tertiary/aromatic N) is 2. The molecule has 0 aliphatic carbocycles. The topological polar surface area (TPSA) is 86.8 Å². The van der Waals surface area contributed by atoms with E-state index in [2.05, 4.69) is 13.8 Å². The van der Waals surface area contributed by atoms with Gasteiger partial charge in [-0.15, -0.1) is 0 Å². The largest absolute Gasteiger partial charge is 0.493 e. The molecule has 2 aromatic carbocycles. The number of carbonyl (C=O) groups is 2. The van der Waals surface area contributed by atoms with Crippen LogP contribution in [0.2, 0.25) is 0 Å². The average Bonchev–Trinajstić information content (AvgIpc) is 3.00. The van der Waals surface area contributed by atoms with E-state index in [1.165, 1.54) is 0 Å². The summed E-state index contributed by atoms with van der Waals surface area (Å²) in [6.07, 6.45) is 4.21. The van der Waals surface area contributed by atoms with Gasteiger partial charge in [0.2, 0.25) is 11.7 Å². The van der Waals surface area contributed by atoms with Crippen LogP contribution in [0.5, 0.6) is 23.0 Å². The minimum atomic E-state index is -0.127. The summed E-state index contributed by atoms with van der Waals surface area (Å²) in [7, 11) is 6.40. The number of para-hydroxylation sites is 1. The van der Waals surface area contributed by atoms with Gasteiger partial charge in [-0.1, -0.05) is 32.0 Å². The predicted octanol–water partition coefficient (Wildman–Crippen LogP) is 5.24. The maximum atomic E-state index is 13.9. The molecule has 0 N–H and O–H groups in total. The molecule has 1 heterocycles. The second-order valence-corrected chi connectivity index (χ2v) is 11.0. The minimum absolute atomic E-state index is 0.0564. The normalized spacial score (nSPS) is 16.5. The molecule has 1 atom stereocenters. The van der Waals surface area contributed by atoms with Crippen LogP contribution in [0.1, 0.15) is 61.9 Å². The fourth-order valence-electron chi connectivity index (χ4n) is 5.49. The number of aryl methyl sites for hydroxylation is 1. The highest BCUT2D eigenvalue weighted by atomic mass is 16.5. The molecule has 0 bridgehead atoms. The fourth-order valence-corrected chi connectivity index (χ4v) is 5.49. The van der Waals surface area contributed by atoms with Crippen molar-refractivity contribution < 1.29 is 33.3 Å². The van der Waals surface area contributed by atoms with Crippen LogP contribution in [0, 0.1) is 5.92 Å². The van der Waals surface area contributed by atoms with Crippen LogP contribution >= 0.6 is 0 Å². The number of hydrogen-bond acceptors (Lipinski definition) is 7. The molecule has 0 saturated carbocycles. The quantitative estimate of drug-likeness (QED) is 0.357. The third-order valence-electron chi connectivity index (χ3n) is 7.63. The van der Waals surface area contributed by atoms with Crippen molar-refractivity contribution in [2.24, 2.45) is 5.92 Å². The molecule has 3 rings (SSSR count). The van der Waals surface area contributed by atoms with Crippen LogP contribution in [0.15, 0.2) is 36.4 Å². The van der Waals surface area contributed by atoms with E-state index in [1.54, 1.807) is 28.4 Å². The van der Waals surface area contributed by atoms with E-state index in [-0.39, 0.29) is 17.9 Å². The summed E-state index contributed by atoms with van der Waals surface area (Å²) >= 11 is 0. The molecular weight excluding hydrogens is 536 g/mol. The molecular formula is C33H48N2O7. The second-order valence-electron chi connectivity index (χ2n) is 11.0. The van der Waals surface area contributed by atoms with Crippen LogP contribution < -0.4 is 18.9 Å². The Labute approximate surface area is 251 Å². The van der Waals surface area contributed by atoms with E-state index in [9.17, 15) is 9.59 Å². The zero-order chi connectivity index (χ0) is 30.5. The molecule has 0 saturated heterocycles. The average molecular weight is 585 g/mol. The Balaban J connectivity index is 1.86. The van der Waals surface area contributed by atoms with Gasteiger partial charge in [0.1, 0.15) is 12.4 Å². The predicted molar refractivity (Wildman–Crippen MR) is 163 cm³/mol. The molecule has 0 spiro atoms. The van der Waals surface area contributed by atoms with E-state index >= 15 is 0 Å². The maximum Gasteiger partial charge on any atom is 0.257 e. The molecule has 2 aromatic rings. The van der Waals surface area contributed by atoms with Crippen LogP contribution in [0.3, 0.4) is 0 Å². The smallest absolute Gasteiger partial charge is 0.257 e. The Bertz CT molecular complexity index is 1150.